The lowest BCUT2D eigenvalue weighted by Gasteiger charge is -2.11. The van der Waals surface area contributed by atoms with E-state index in [0.29, 0.717) is 40.7 Å². The van der Waals surface area contributed by atoms with Crippen molar-refractivity contribution in [2.24, 2.45) is 5.73 Å². The summed E-state index contributed by atoms with van der Waals surface area (Å²) in [6.45, 7) is 1.69. The normalized spacial score (nSPS) is 11.1. The molecule has 0 saturated carbocycles. The highest BCUT2D eigenvalue weighted by Gasteiger charge is 2.23. The number of nitrogens with two attached hydrogens (primary N) is 1. The molecule has 1 heterocycles. The van der Waals surface area contributed by atoms with E-state index in [0.717, 1.165) is 39.5 Å². The third-order valence-electron chi connectivity index (χ3n) is 6.19. The second-order valence-electron chi connectivity index (χ2n) is 8.40. The number of alkyl halides is 1. The lowest BCUT2D eigenvalue weighted by atomic mass is 9.93. The van der Waals surface area contributed by atoms with Crippen LogP contribution in [0.1, 0.15) is 45.2 Å². The number of nitrogens with one attached hydrogen (secondary N) is 1. The molecule has 0 saturated heterocycles. The maximum atomic E-state index is 13.0. The Hall–Kier alpha value is -3.50. The van der Waals surface area contributed by atoms with Crippen LogP contribution in [0.3, 0.4) is 0 Å². The van der Waals surface area contributed by atoms with Crippen molar-refractivity contribution in [2.75, 3.05) is 13.7 Å². The molecule has 0 aliphatic heterocycles. The monoisotopic (exact) mass is 490 g/mol. The summed E-state index contributed by atoms with van der Waals surface area (Å²) >= 11 is 0. The fourth-order valence-corrected chi connectivity index (χ4v) is 4.65. The Morgan fingerprint density at radius 1 is 1.06 bits per heavy atom. The lowest BCUT2D eigenvalue weighted by Crippen LogP contribution is -2.18. The molecule has 0 radical (unpaired) electrons. The Balaban J connectivity index is 1.91. The number of fused-ring (bicyclic) bond motifs is 1. The van der Waals surface area contributed by atoms with Gasteiger partial charge in [-0.2, -0.15) is 0 Å². The number of halogens is 1. The Kier molecular flexibility index (Phi) is 7.32. The van der Waals surface area contributed by atoms with Gasteiger partial charge in [-0.3, -0.25) is 14.0 Å². The van der Waals surface area contributed by atoms with Crippen LogP contribution in [0.25, 0.3) is 33.4 Å². The molecule has 180 valence electrons. The minimum absolute atomic E-state index is 0.256. The molecule has 0 fully saturated rings. The quantitative estimate of drug-likeness (QED) is 0.334. The van der Waals surface area contributed by atoms with E-state index in [1.807, 2.05) is 55.5 Å². The average Bonchev–Trinajstić information content (AvgIpc) is 3.25. The molecule has 4 rings (SSSR count). The Morgan fingerprint density at radius 2 is 1.77 bits per heavy atom. The second-order valence-corrected chi connectivity index (χ2v) is 9.02. The molecule has 4 aromatic rings. The number of furan rings is 1. The van der Waals surface area contributed by atoms with Crippen molar-refractivity contribution in [2.45, 2.75) is 26.2 Å². The van der Waals surface area contributed by atoms with Gasteiger partial charge in [0, 0.05) is 23.6 Å². The van der Waals surface area contributed by atoms with Gasteiger partial charge in [0.2, 0.25) is 5.91 Å². The van der Waals surface area contributed by atoms with Crippen LogP contribution in [0.15, 0.2) is 59.0 Å². The maximum absolute atomic E-state index is 13.0. The topological polar surface area (TPSA) is 85.3 Å². The third kappa shape index (κ3) is 4.85. The number of hydrogen-bond acceptors (Lipinski definition) is 3. The fraction of sp³-hybridized carbons (Fsp3) is 0.214. The zero-order valence-electron chi connectivity index (χ0n) is 19.8. The number of hydrogen-bond donors (Lipinski definition) is 2. The van der Waals surface area contributed by atoms with Gasteiger partial charge < -0.3 is 15.5 Å². The molecule has 1 aromatic heterocycles. The van der Waals surface area contributed by atoms with Crippen LogP contribution in [0.4, 0.5) is 4.39 Å². The molecule has 0 aliphatic rings. The number of carbonyl (C=O) groups is 2. The van der Waals surface area contributed by atoms with Crippen LogP contribution in [-0.2, 0) is 12.8 Å². The standard InChI is InChI=1S/C28H28FN2O3P/c1-3-17-14-23-21(15-20(17)19-10-11-24(35)22(13-19)27(30)32)25(28(33)31-2)26(34-23)18-8-6-16(7-9-18)5-4-12-29/h6-11,13-15H,3-5,12,35H2,1-2H3,(H2,30,32)(H,31,33). The van der Waals surface area contributed by atoms with Crippen molar-refractivity contribution in [3.8, 4) is 22.5 Å². The number of amides is 2. The summed E-state index contributed by atoms with van der Waals surface area (Å²) in [5, 5.41) is 4.14. The Morgan fingerprint density at radius 3 is 2.40 bits per heavy atom. The summed E-state index contributed by atoms with van der Waals surface area (Å²) in [5.41, 5.74) is 11.6. The van der Waals surface area contributed by atoms with Crippen molar-refractivity contribution in [1.82, 2.24) is 5.32 Å². The van der Waals surface area contributed by atoms with Crippen LogP contribution in [0, 0.1) is 0 Å². The zero-order chi connectivity index (χ0) is 25.1. The fourth-order valence-electron chi connectivity index (χ4n) is 4.33. The predicted molar refractivity (Wildman–Crippen MR) is 142 cm³/mol. The number of benzene rings is 3. The van der Waals surface area contributed by atoms with Crippen LogP contribution >= 0.6 is 9.24 Å². The Bertz CT molecular complexity index is 1410. The molecule has 0 aliphatic carbocycles. The van der Waals surface area contributed by atoms with Gasteiger partial charge in [-0.15, -0.1) is 9.24 Å². The summed E-state index contributed by atoms with van der Waals surface area (Å²) in [7, 11) is 4.12. The number of primary amides is 1. The molecule has 7 heteroatoms. The van der Waals surface area contributed by atoms with E-state index in [-0.39, 0.29) is 12.6 Å². The smallest absolute Gasteiger partial charge is 0.255 e. The van der Waals surface area contributed by atoms with Crippen molar-refractivity contribution >= 4 is 37.3 Å². The van der Waals surface area contributed by atoms with E-state index in [1.165, 1.54) is 0 Å². The average molecular weight is 491 g/mol. The summed E-state index contributed by atoms with van der Waals surface area (Å²) in [5.74, 6) is -0.273. The third-order valence-corrected chi connectivity index (χ3v) is 6.70. The number of aryl methyl sites for hydroxylation is 2. The van der Waals surface area contributed by atoms with Gasteiger partial charge in [0.05, 0.1) is 12.2 Å². The van der Waals surface area contributed by atoms with Gasteiger partial charge in [-0.25, -0.2) is 0 Å². The minimum Gasteiger partial charge on any atom is -0.455 e. The largest absolute Gasteiger partial charge is 0.455 e. The van der Waals surface area contributed by atoms with E-state index < -0.39 is 5.91 Å². The van der Waals surface area contributed by atoms with Gasteiger partial charge in [0.25, 0.3) is 5.91 Å². The minimum atomic E-state index is -0.498. The highest BCUT2D eigenvalue weighted by atomic mass is 31.0. The van der Waals surface area contributed by atoms with Crippen molar-refractivity contribution in [3.05, 3.63) is 76.9 Å². The Labute approximate surface area is 206 Å². The van der Waals surface area contributed by atoms with Gasteiger partial charge >= 0.3 is 0 Å². The first-order valence-electron chi connectivity index (χ1n) is 11.5. The molecule has 5 nitrogen and oxygen atoms in total. The van der Waals surface area contributed by atoms with Crippen LogP contribution in [0.5, 0.6) is 0 Å². The molecule has 3 aromatic carbocycles. The highest BCUT2D eigenvalue weighted by molar-refractivity contribution is 7.27. The number of rotatable bonds is 8. The van der Waals surface area contributed by atoms with E-state index in [4.69, 9.17) is 10.2 Å². The molecule has 2 amide bonds. The van der Waals surface area contributed by atoms with Gasteiger partial charge in [0.1, 0.15) is 11.3 Å². The maximum Gasteiger partial charge on any atom is 0.255 e. The molecule has 1 atom stereocenters. The lowest BCUT2D eigenvalue weighted by molar-refractivity contribution is 0.0963. The summed E-state index contributed by atoms with van der Waals surface area (Å²) < 4.78 is 18.8. The first-order valence-corrected chi connectivity index (χ1v) is 12.1. The van der Waals surface area contributed by atoms with Gasteiger partial charge in [-0.05, 0) is 65.0 Å². The van der Waals surface area contributed by atoms with Gasteiger partial charge in [0.15, 0.2) is 0 Å². The second kappa shape index (κ2) is 10.4. The first kappa shape index (κ1) is 24.6. The molecule has 3 N–H and O–H groups in total. The number of carbonyl (C=O) groups excluding carboxylic acids is 2. The van der Waals surface area contributed by atoms with Crippen LogP contribution in [0.2, 0.25) is 0 Å². The van der Waals surface area contributed by atoms with Gasteiger partial charge in [-0.1, -0.05) is 43.3 Å². The molecule has 35 heavy (non-hydrogen) atoms. The summed E-state index contributed by atoms with van der Waals surface area (Å²) in [6.07, 6.45) is 1.87. The highest BCUT2D eigenvalue weighted by Crippen LogP contribution is 2.38. The predicted octanol–water partition coefficient (Wildman–Crippen LogP) is 5.19. The first-order chi connectivity index (χ1) is 16.9. The van der Waals surface area contributed by atoms with Crippen molar-refractivity contribution in [1.29, 1.82) is 0 Å². The zero-order valence-corrected chi connectivity index (χ0v) is 20.9. The van der Waals surface area contributed by atoms with E-state index in [2.05, 4.69) is 14.6 Å². The molecular weight excluding hydrogens is 462 g/mol. The van der Waals surface area contributed by atoms with E-state index in [1.54, 1.807) is 13.1 Å². The van der Waals surface area contributed by atoms with Crippen molar-refractivity contribution in [3.63, 3.8) is 0 Å². The molecular formula is C28H28FN2O3P. The van der Waals surface area contributed by atoms with E-state index >= 15 is 0 Å². The van der Waals surface area contributed by atoms with E-state index in [9.17, 15) is 14.0 Å². The SMILES string of the molecule is CCc1cc2oc(-c3ccc(CCCF)cc3)c(C(=O)NC)c2cc1-c1ccc(P)c(C(N)=O)c1. The van der Waals surface area contributed by atoms with Crippen LogP contribution < -0.4 is 16.4 Å². The summed E-state index contributed by atoms with van der Waals surface area (Å²) in [4.78, 5) is 24.9. The summed E-state index contributed by atoms with van der Waals surface area (Å²) in [6, 6.07) is 17.1. The molecule has 0 bridgehead atoms. The molecule has 0 spiro atoms. The van der Waals surface area contributed by atoms with Crippen molar-refractivity contribution < 1.29 is 18.4 Å². The molecule has 1 unspecified atom stereocenters. The van der Waals surface area contributed by atoms with Crippen LogP contribution in [-0.4, -0.2) is 25.5 Å².